The fourth-order valence-electron chi connectivity index (χ4n) is 1.59. The summed E-state index contributed by atoms with van der Waals surface area (Å²) in [5.41, 5.74) is 0. The van der Waals surface area contributed by atoms with Crippen LogP contribution in [0.3, 0.4) is 0 Å². The van der Waals surface area contributed by atoms with Gasteiger partial charge in [0.05, 0.1) is 0 Å². The molecule has 0 heterocycles. The minimum atomic E-state index is -1.19. The molecular weight excluding hydrogens is 357 g/mol. The molecule has 17 heavy (non-hydrogen) atoms. The zero-order valence-electron chi connectivity index (χ0n) is 11.7. The molecule has 1 rings (SSSR count). The minimum absolute atomic E-state index is 0.349. The van der Waals surface area contributed by atoms with Crippen molar-refractivity contribution in [3.05, 3.63) is 30.3 Å². The Morgan fingerprint density at radius 1 is 0.941 bits per heavy atom. The van der Waals surface area contributed by atoms with Crippen molar-refractivity contribution in [3.8, 4) is 0 Å². The molecule has 96 valence electrons. The summed E-state index contributed by atoms with van der Waals surface area (Å²) < 4.78 is -0.764. The summed E-state index contributed by atoms with van der Waals surface area (Å²) in [5, 5.41) is 1.89. The second-order valence-electron chi connectivity index (χ2n) is 6.26. The summed E-state index contributed by atoms with van der Waals surface area (Å²) in [6.07, 6.45) is 0. The van der Waals surface area contributed by atoms with Crippen molar-refractivity contribution in [2.24, 2.45) is 0 Å². The molecule has 0 amide bonds. The van der Waals surface area contributed by atoms with E-state index in [0.29, 0.717) is 24.0 Å². The fraction of sp³-hybridized carbons (Fsp3) is 0.571. The topological polar surface area (TPSA) is 0 Å². The van der Waals surface area contributed by atoms with Gasteiger partial charge in [0.2, 0.25) is 0 Å². The Labute approximate surface area is 120 Å². The first-order chi connectivity index (χ1) is 7.56. The third kappa shape index (κ3) is 4.09. The summed E-state index contributed by atoms with van der Waals surface area (Å²) in [4.78, 5) is 0. The Morgan fingerprint density at radius 2 is 1.41 bits per heavy atom. The van der Waals surface area contributed by atoms with Crippen LogP contribution in [0, 0.1) is 0 Å². The van der Waals surface area contributed by atoms with Gasteiger partial charge in [-0.05, 0) is 0 Å². The van der Waals surface area contributed by atoms with Crippen LogP contribution in [-0.4, -0.2) is 34.8 Å². The van der Waals surface area contributed by atoms with Gasteiger partial charge in [0.15, 0.2) is 0 Å². The SMILES string of the molecule is CC(C)(C)[Se]P(=[Se])(c1ccccc1)C(C)(C)C. The molecule has 0 aromatic heterocycles. The molecule has 0 spiro atoms. The van der Waals surface area contributed by atoms with E-state index in [9.17, 15) is 0 Å². The van der Waals surface area contributed by atoms with E-state index in [1.165, 1.54) is 0 Å². The Balaban J connectivity index is 3.27. The van der Waals surface area contributed by atoms with Crippen molar-refractivity contribution in [1.29, 1.82) is 0 Å². The van der Waals surface area contributed by atoms with Gasteiger partial charge in [-0.2, -0.15) is 0 Å². The molecule has 0 saturated heterocycles. The molecule has 0 aliphatic heterocycles. The Morgan fingerprint density at radius 3 is 1.76 bits per heavy atom. The molecular formula is C14H23PSe2. The van der Waals surface area contributed by atoms with Crippen LogP contribution in [0.1, 0.15) is 41.5 Å². The maximum absolute atomic E-state index is 3.64. The third-order valence-electron chi connectivity index (χ3n) is 2.38. The van der Waals surface area contributed by atoms with E-state index in [2.05, 4.69) is 87.0 Å². The van der Waals surface area contributed by atoms with Gasteiger partial charge in [-0.3, -0.25) is 0 Å². The molecule has 0 radical (unpaired) electrons. The molecule has 0 aliphatic carbocycles. The number of benzene rings is 1. The van der Waals surface area contributed by atoms with Crippen LogP contribution < -0.4 is 5.30 Å². The van der Waals surface area contributed by atoms with Crippen molar-refractivity contribution in [1.82, 2.24) is 0 Å². The first kappa shape index (κ1) is 15.7. The van der Waals surface area contributed by atoms with E-state index in [1.54, 1.807) is 5.30 Å². The maximum atomic E-state index is 3.64. The van der Waals surface area contributed by atoms with E-state index >= 15 is 0 Å². The van der Waals surface area contributed by atoms with Gasteiger partial charge in [-0.1, -0.05) is 0 Å². The van der Waals surface area contributed by atoms with Gasteiger partial charge in [-0.25, -0.2) is 0 Å². The van der Waals surface area contributed by atoms with Gasteiger partial charge in [0.25, 0.3) is 0 Å². The first-order valence-corrected chi connectivity index (χ1v) is 13.0. The summed E-state index contributed by atoms with van der Waals surface area (Å²) in [5.74, 6) is 0. The van der Waals surface area contributed by atoms with E-state index in [-0.39, 0.29) is 0 Å². The average Bonchev–Trinajstić information content (AvgIpc) is 2.14. The molecule has 0 bridgehead atoms. The Kier molecular flexibility index (Phi) is 4.96. The number of hydrogen-bond acceptors (Lipinski definition) is 0. The normalized spacial score (nSPS) is 16.6. The average molecular weight is 380 g/mol. The van der Waals surface area contributed by atoms with Crippen LogP contribution in [0.25, 0.3) is 0 Å². The third-order valence-corrected chi connectivity index (χ3v) is 23.0. The van der Waals surface area contributed by atoms with Crippen LogP contribution in [0.15, 0.2) is 30.3 Å². The van der Waals surface area contributed by atoms with Crippen molar-refractivity contribution >= 4 is 39.1 Å². The summed E-state index contributed by atoms with van der Waals surface area (Å²) in [6.45, 7) is 14.3. The van der Waals surface area contributed by atoms with Gasteiger partial charge < -0.3 is 0 Å². The Hall–Kier alpha value is 0.689. The monoisotopic (exact) mass is 382 g/mol. The number of hydrogen-bond donors (Lipinski definition) is 0. The molecule has 1 aromatic rings. The molecule has 0 fully saturated rings. The van der Waals surface area contributed by atoms with Crippen LogP contribution >= 0.6 is 4.20 Å². The number of rotatable bonds is 2. The van der Waals surface area contributed by atoms with Crippen molar-refractivity contribution in [2.75, 3.05) is 0 Å². The molecule has 1 atom stereocenters. The standard InChI is InChI=1S/C14H23PSe2/c1-13(2,3)15(16,17-14(4,5)6)12-10-8-7-9-11-12/h7-11H,1-6H3. The van der Waals surface area contributed by atoms with Crippen molar-refractivity contribution in [2.45, 2.75) is 51.0 Å². The van der Waals surface area contributed by atoms with Gasteiger partial charge in [0.1, 0.15) is 0 Å². The van der Waals surface area contributed by atoms with Crippen molar-refractivity contribution < 1.29 is 0 Å². The fourth-order valence-corrected chi connectivity index (χ4v) is 20.2. The second-order valence-corrected chi connectivity index (χ2v) is 23.5. The molecule has 1 unspecified atom stereocenters. The molecule has 1 aromatic carbocycles. The first-order valence-electron chi connectivity index (χ1n) is 5.93. The molecule has 0 nitrogen and oxygen atoms in total. The van der Waals surface area contributed by atoms with E-state index in [1.807, 2.05) is 0 Å². The van der Waals surface area contributed by atoms with Gasteiger partial charge in [0, 0.05) is 0 Å². The zero-order valence-corrected chi connectivity index (χ0v) is 16.0. The quantitative estimate of drug-likeness (QED) is 0.537. The predicted molar refractivity (Wildman–Crippen MR) is 84.0 cm³/mol. The van der Waals surface area contributed by atoms with E-state index < -0.39 is 4.20 Å². The van der Waals surface area contributed by atoms with E-state index in [4.69, 9.17) is 0 Å². The molecule has 0 N–H and O–H groups in total. The zero-order chi connectivity index (χ0) is 13.3. The van der Waals surface area contributed by atoms with Gasteiger partial charge >= 0.3 is 120 Å². The van der Waals surface area contributed by atoms with Gasteiger partial charge in [-0.15, -0.1) is 0 Å². The summed E-state index contributed by atoms with van der Waals surface area (Å²) >= 11 is 4.25. The molecule has 0 saturated carbocycles. The Bertz CT molecular complexity index is 410. The van der Waals surface area contributed by atoms with Crippen LogP contribution in [0.2, 0.25) is 4.31 Å². The van der Waals surface area contributed by atoms with Crippen LogP contribution in [-0.2, 0) is 0 Å². The van der Waals surface area contributed by atoms with E-state index in [0.717, 1.165) is 0 Å². The summed E-state index contributed by atoms with van der Waals surface area (Å²) in [7, 11) is 0. The second kappa shape index (κ2) is 5.36. The van der Waals surface area contributed by atoms with Crippen molar-refractivity contribution in [3.63, 3.8) is 0 Å². The molecule has 3 heteroatoms. The van der Waals surface area contributed by atoms with Crippen LogP contribution in [0.5, 0.6) is 0 Å². The predicted octanol–water partition coefficient (Wildman–Crippen LogP) is 4.05. The molecule has 0 aliphatic rings. The van der Waals surface area contributed by atoms with Crippen LogP contribution in [0.4, 0.5) is 0 Å². The summed E-state index contributed by atoms with van der Waals surface area (Å²) in [6, 6.07) is 11.1.